The second kappa shape index (κ2) is 7.79. The second-order valence-corrected chi connectivity index (χ2v) is 5.48. The van der Waals surface area contributed by atoms with E-state index in [4.69, 9.17) is 16.3 Å². The average molecular weight is 332 g/mol. The third-order valence-corrected chi connectivity index (χ3v) is 3.61. The van der Waals surface area contributed by atoms with Gasteiger partial charge in [-0.25, -0.2) is 0 Å². The van der Waals surface area contributed by atoms with Crippen LogP contribution in [-0.4, -0.2) is 17.8 Å². The Bertz CT molecular complexity index is 701. The molecule has 0 spiro atoms. The lowest BCUT2D eigenvalue weighted by molar-refractivity contribution is -0.122. The smallest absolute Gasteiger partial charge is 0.265 e. The highest BCUT2D eigenvalue weighted by molar-refractivity contribution is 6.34. The molecule has 0 aliphatic heterocycles. The maximum absolute atomic E-state index is 12.3. The number of carbonyl (C=O) groups is 2. The van der Waals surface area contributed by atoms with Crippen molar-refractivity contribution in [1.29, 1.82) is 0 Å². The Morgan fingerprint density at radius 2 is 1.87 bits per heavy atom. The summed E-state index contributed by atoms with van der Waals surface area (Å²) < 4.78 is 5.69. The summed E-state index contributed by atoms with van der Waals surface area (Å²) in [5.74, 6) is 0.258. The predicted molar refractivity (Wildman–Crippen MR) is 91.2 cm³/mol. The maximum Gasteiger partial charge on any atom is 0.265 e. The maximum atomic E-state index is 12.3. The summed E-state index contributed by atoms with van der Waals surface area (Å²) in [6, 6.07) is 14.0. The highest BCUT2D eigenvalue weighted by Crippen LogP contribution is 2.22. The minimum absolute atomic E-state index is 0.119. The van der Waals surface area contributed by atoms with Crippen molar-refractivity contribution >= 4 is 29.0 Å². The zero-order valence-electron chi connectivity index (χ0n) is 13.0. The van der Waals surface area contributed by atoms with Crippen molar-refractivity contribution in [2.45, 2.75) is 26.4 Å². The number of hydrogen-bond acceptors (Lipinski definition) is 3. The fourth-order valence-corrected chi connectivity index (χ4v) is 2.40. The van der Waals surface area contributed by atoms with E-state index >= 15 is 0 Å². The molecular formula is C18H18ClNO3. The lowest BCUT2D eigenvalue weighted by atomic mass is 10.1. The van der Waals surface area contributed by atoms with Crippen LogP contribution in [0, 0.1) is 0 Å². The Morgan fingerprint density at radius 1 is 1.17 bits per heavy atom. The van der Waals surface area contributed by atoms with Gasteiger partial charge in [0.25, 0.3) is 5.91 Å². The number of benzene rings is 2. The Morgan fingerprint density at radius 3 is 2.43 bits per heavy atom. The first-order valence-electron chi connectivity index (χ1n) is 7.34. The highest BCUT2D eigenvalue weighted by atomic mass is 35.5. The zero-order chi connectivity index (χ0) is 16.8. The van der Waals surface area contributed by atoms with E-state index in [1.165, 1.54) is 6.92 Å². The number of nitrogens with one attached hydrogen (secondary N) is 1. The second-order valence-electron chi connectivity index (χ2n) is 5.07. The summed E-state index contributed by atoms with van der Waals surface area (Å²) in [4.78, 5) is 23.7. The summed E-state index contributed by atoms with van der Waals surface area (Å²) in [5.41, 5.74) is 0.956. The van der Waals surface area contributed by atoms with Gasteiger partial charge in [-0.3, -0.25) is 9.59 Å². The fraction of sp³-hybridized carbons (Fsp3) is 0.222. The van der Waals surface area contributed by atoms with Gasteiger partial charge in [-0.2, -0.15) is 0 Å². The number of amides is 1. The van der Waals surface area contributed by atoms with Gasteiger partial charge in [0.15, 0.2) is 11.9 Å². The molecule has 1 amide bonds. The third-order valence-electron chi connectivity index (χ3n) is 3.30. The standard InChI is InChI=1S/C18H18ClNO3/c1-3-17(23-14-7-5-4-6-8-14)18(22)20-13-9-10-15(12(2)21)16(19)11-13/h4-11,17H,3H2,1-2H3,(H,20,22). The fourth-order valence-electron chi connectivity index (χ4n) is 2.09. The van der Waals surface area contributed by atoms with Crippen LogP contribution < -0.4 is 10.1 Å². The van der Waals surface area contributed by atoms with Crippen molar-refractivity contribution in [1.82, 2.24) is 0 Å². The molecule has 0 heterocycles. The molecule has 1 unspecified atom stereocenters. The largest absolute Gasteiger partial charge is 0.481 e. The van der Waals surface area contributed by atoms with Crippen molar-refractivity contribution in [3.8, 4) is 5.75 Å². The lowest BCUT2D eigenvalue weighted by Gasteiger charge is -2.17. The van der Waals surface area contributed by atoms with Crippen LogP contribution in [0.25, 0.3) is 0 Å². The van der Waals surface area contributed by atoms with Gasteiger partial charge in [0.05, 0.1) is 5.02 Å². The van der Waals surface area contributed by atoms with Crippen molar-refractivity contribution < 1.29 is 14.3 Å². The van der Waals surface area contributed by atoms with Crippen molar-refractivity contribution in [2.75, 3.05) is 5.32 Å². The van der Waals surface area contributed by atoms with E-state index in [0.717, 1.165) is 0 Å². The number of ether oxygens (including phenoxy) is 1. The highest BCUT2D eigenvalue weighted by Gasteiger charge is 2.19. The van der Waals surface area contributed by atoms with Gasteiger partial charge >= 0.3 is 0 Å². The number of rotatable bonds is 6. The molecule has 0 bridgehead atoms. The summed E-state index contributed by atoms with van der Waals surface area (Å²) >= 11 is 6.05. The van der Waals surface area contributed by atoms with Crippen LogP contribution >= 0.6 is 11.6 Å². The molecule has 4 nitrogen and oxygen atoms in total. The van der Waals surface area contributed by atoms with Crippen molar-refractivity contribution in [3.63, 3.8) is 0 Å². The Balaban J connectivity index is 2.07. The Kier molecular flexibility index (Phi) is 5.77. The van der Waals surface area contributed by atoms with E-state index in [1.807, 2.05) is 25.1 Å². The summed E-state index contributed by atoms with van der Waals surface area (Å²) in [6.45, 7) is 3.32. The third kappa shape index (κ3) is 4.57. The van der Waals surface area contributed by atoms with E-state index in [1.54, 1.807) is 30.3 Å². The van der Waals surface area contributed by atoms with Gasteiger partial charge in [0, 0.05) is 11.3 Å². The van der Waals surface area contributed by atoms with Gasteiger partial charge in [-0.1, -0.05) is 36.7 Å². The number of carbonyl (C=O) groups excluding carboxylic acids is 2. The quantitative estimate of drug-likeness (QED) is 0.801. The van der Waals surface area contributed by atoms with Crippen LogP contribution in [0.5, 0.6) is 5.75 Å². The molecule has 1 atom stereocenters. The number of halogens is 1. The topological polar surface area (TPSA) is 55.4 Å². The monoisotopic (exact) mass is 331 g/mol. The van der Waals surface area contributed by atoms with E-state index in [9.17, 15) is 9.59 Å². The Hall–Kier alpha value is -2.33. The predicted octanol–water partition coefficient (Wildman–Crippen LogP) is 4.34. The molecule has 2 rings (SSSR count). The van der Waals surface area contributed by atoms with Crippen LogP contribution in [0.15, 0.2) is 48.5 Å². The van der Waals surface area contributed by atoms with E-state index < -0.39 is 6.10 Å². The number of hydrogen-bond donors (Lipinski definition) is 1. The molecule has 0 aliphatic carbocycles. The molecule has 120 valence electrons. The van der Waals surface area contributed by atoms with Crippen molar-refractivity contribution in [3.05, 3.63) is 59.1 Å². The minimum Gasteiger partial charge on any atom is -0.481 e. The molecule has 0 fully saturated rings. The van der Waals surface area contributed by atoms with Crippen LogP contribution in [0.3, 0.4) is 0 Å². The molecule has 0 radical (unpaired) electrons. The van der Waals surface area contributed by atoms with Crippen LogP contribution in [0.1, 0.15) is 30.6 Å². The first kappa shape index (κ1) is 17.0. The average Bonchev–Trinajstić information content (AvgIpc) is 2.53. The minimum atomic E-state index is -0.608. The number of para-hydroxylation sites is 1. The molecular weight excluding hydrogens is 314 g/mol. The Labute approximate surface area is 140 Å². The van der Waals surface area contributed by atoms with Gasteiger partial charge in [-0.15, -0.1) is 0 Å². The van der Waals surface area contributed by atoms with Crippen molar-refractivity contribution in [2.24, 2.45) is 0 Å². The van der Waals surface area contributed by atoms with Gasteiger partial charge < -0.3 is 10.1 Å². The van der Waals surface area contributed by atoms with Gasteiger partial charge in [0.1, 0.15) is 5.75 Å². The van der Waals surface area contributed by atoms with Gasteiger partial charge in [0.2, 0.25) is 0 Å². The first-order valence-corrected chi connectivity index (χ1v) is 7.72. The SMILES string of the molecule is CCC(Oc1ccccc1)C(=O)Nc1ccc(C(C)=O)c(Cl)c1. The first-order chi connectivity index (χ1) is 11.0. The summed E-state index contributed by atoms with van der Waals surface area (Å²) in [7, 11) is 0. The number of Topliss-reactive ketones (excluding diaryl/α,β-unsaturated/α-hetero) is 1. The molecule has 2 aromatic rings. The molecule has 1 N–H and O–H groups in total. The van der Waals surface area contributed by atoms with Crippen LogP contribution in [0.2, 0.25) is 5.02 Å². The molecule has 2 aromatic carbocycles. The number of ketones is 1. The van der Waals surface area contributed by atoms with Crippen LogP contribution in [0.4, 0.5) is 5.69 Å². The van der Waals surface area contributed by atoms with Crippen LogP contribution in [-0.2, 0) is 4.79 Å². The van der Waals surface area contributed by atoms with Gasteiger partial charge in [-0.05, 0) is 43.7 Å². The number of anilines is 1. The lowest BCUT2D eigenvalue weighted by Crippen LogP contribution is -2.32. The summed E-state index contributed by atoms with van der Waals surface area (Å²) in [5, 5.41) is 3.07. The van der Waals surface area contributed by atoms with E-state index in [0.29, 0.717) is 28.4 Å². The zero-order valence-corrected chi connectivity index (χ0v) is 13.8. The normalized spacial score (nSPS) is 11.6. The molecule has 5 heteroatoms. The molecule has 0 aliphatic rings. The molecule has 23 heavy (non-hydrogen) atoms. The molecule has 0 saturated carbocycles. The summed E-state index contributed by atoms with van der Waals surface area (Å²) in [6.07, 6.45) is -0.0800. The van der Waals surface area contributed by atoms with E-state index in [2.05, 4.69) is 5.32 Å². The molecule has 0 saturated heterocycles. The van der Waals surface area contributed by atoms with E-state index in [-0.39, 0.29) is 11.7 Å². The molecule has 0 aromatic heterocycles.